The number of hydrogen-bond acceptors (Lipinski definition) is 4. The predicted octanol–water partition coefficient (Wildman–Crippen LogP) is 0.965. The molecule has 0 amide bonds. The predicted molar refractivity (Wildman–Crippen MR) is 65.6 cm³/mol. The fraction of sp³-hybridized carbons (Fsp3) is 0.200. The summed E-state index contributed by atoms with van der Waals surface area (Å²) >= 11 is 0. The zero-order valence-corrected chi connectivity index (χ0v) is 10.3. The average Bonchev–Trinajstić information content (AvgIpc) is 2.27. The molecule has 0 N–H and O–H groups in total. The normalized spacial score (nSPS) is 11.8. The molecule has 90 valence electrons. The lowest BCUT2D eigenvalue weighted by atomic mass is 10.2. The number of rotatable bonds is 3. The van der Waals surface area contributed by atoms with E-state index in [0.717, 1.165) is 0 Å². The van der Waals surface area contributed by atoms with Gasteiger partial charge < -0.3 is 0 Å². The maximum atomic E-state index is 11.9. The van der Waals surface area contributed by atoms with Crippen molar-refractivity contribution >= 4 is 30.6 Å². The highest BCUT2D eigenvalue weighted by Crippen LogP contribution is 2.05. The molecule has 0 saturated heterocycles. The third-order valence-corrected chi connectivity index (χ3v) is 3.44. The topological polar surface area (TPSA) is 69.0 Å². The van der Waals surface area contributed by atoms with E-state index in [9.17, 15) is 13.2 Å². The Morgan fingerprint density at radius 2 is 2.00 bits per heavy atom. The molecule has 0 radical (unpaired) electrons. The number of aryl methyl sites for hydroxylation is 1. The van der Waals surface area contributed by atoms with Gasteiger partial charge in [-0.1, -0.05) is 12.1 Å². The van der Waals surface area contributed by atoms with Gasteiger partial charge in [0.15, 0.2) is 0 Å². The third-order valence-electron chi connectivity index (χ3n) is 2.31. The number of aromatic nitrogens is 2. The first kappa shape index (κ1) is 12.1. The summed E-state index contributed by atoms with van der Waals surface area (Å²) in [5, 5.41) is 0.460. The minimum absolute atomic E-state index is 0.00248. The molecule has 2 aromatic rings. The van der Waals surface area contributed by atoms with Crippen molar-refractivity contribution < 1.29 is 8.42 Å². The number of hydrogen-bond donors (Lipinski definition) is 0. The third kappa shape index (κ3) is 2.83. The standard InChI is InChI=1S/C10H9ClN2O3S/c11-17(15,16)6-5-13-7-12-9-4-2-1-3-8(9)10(13)14/h1-4,7H,5-6H2. The van der Waals surface area contributed by atoms with Crippen molar-refractivity contribution in [1.82, 2.24) is 9.55 Å². The van der Waals surface area contributed by atoms with Gasteiger partial charge in [0.25, 0.3) is 5.56 Å². The van der Waals surface area contributed by atoms with E-state index in [-0.39, 0.29) is 17.9 Å². The van der Waals surface area contributed by atoms with Crippen molar-refractivity contribution in [3.8, 4) is 0 Å². The molecule has 0 aliphatic carbocycles. The van der Waals surface area contributed by atoms with Gasteiger partial charge in [0.1, 0.15) is 0 Å². The van der Waals surface area contributed by atoms with E-state index in [1.165, 1.54) is 10.9 Å². The van der Waals surface area contributed by atoms with E-state index in [2.05, 4.69) is 4.98 Å². The Morgan fingerprint density at radius 3 is 2.71 bits per heavy atom. The van der Waals surface area contributed by atoms with Crippen LogP contribution in [-0.4, -0.2) is 23.7 Å². The molecule has 7 heteroatoms. The number of fused-ring (bicyclic) bond motifs is 1. The molecule has 1 heterocycles. The van der Waals surface area contributed by atoms with Crippen molar-refractivity contribution in [2.45, 2.75) is 6.54 Å². The van der Waals surface area contributed by atoms with Crippen LogP contribution in [0.1, 0.15) is 0 Å². The van der Waals surface area contributed by atoms with Gasteiger partial charge in [-0.3, -0.25) is 9.36 Å². The van der Waals surface area contributed by atoms with Gasteiger partial charge in [0.05, 0.1) is 23.0 Å². The van der Waals surface area contributed by atoms with Gasteiger partial charge in [0.2, 0.25) is 9.05 Å². The molecule has 0 unspecified atom stereocenters. The summed E-state index contributed by atoms with van der Waals surface area (Å²) < 4.78 is 22.9. The number of halogens is 1. The molecule has 17 heavy (non-hydrogen) atoms. The number of nitrogens with zero attached hydrogens (tertiary/aromatic N) is 2. The van der Waals surface area contributed by atoms with Gasteiger partial charge in [-0.2, -0.15) is 0 Å². The highest BCUT2D eigenvalue weighted by molar-refractivity contribution is 8.13. The first-order valence-corrected chi connectivity index (χ1v) is 7.32. The Labute approximate surface area is 102 Å². The van der Waals surface area contributed by atoms with Crippen LogP contribution in [0.2, 0.25) is 0 Å². The summed E-state index contributed by atoms with van der Waals surface area (Å²) in [5.74, 6) is -0.297. The summed E-state index contributed by atoms with van der Waals surface area (Å²) in [6.07, 6.45) is 1.33. The van der Waals surface area contributed by atoms with Crippen LogP contribution in [0.3, 0.4) is 0 Å². The Balaban J connectivity index is 2.43. The van der Waals surface area contributed by atoms with Crippen LogP contribution in [0, 0.1) is 0 Å². The monoisotopic (exact) mass is 272 g/mol. The molecular formula is C10H9ClN2O3S. The van der Waals surface area contributed by atoms with Crippen molar-refractivity contribution in [2.75, 3.05) is 5.75 Å². The Morgan fingerprint density at radius 1 is 1.29 bits per heavy atom. The number of benzene rings is 1. The quantitative estimate of drug-likeness (QED) is 0.781. The summed E-state index contributed by atoms with van der Waals surface area (Å²) in [4.78, 5) is 16.0. The molecule has 5 nitrogen and oxygen atoms in total. The van der Waals surface area contributed by atoms with Gasteiger partial charge in [-0.25, -0.2) is 13.4 Å². The van der Waals surface area contributed by atoms with Crippen LogP contribution in [0.5, 0.6) is 0 Å². The lowest BCUT2D eigenvalue weighted by molar-refractivity contribution is 0.600. The van der Waals surface area contributed by atoms with Crippen LogP contribution >= 0.6 is 10.7 Å². The summed E-state index contributed by atoms with van der Waals surface area (Å²) in [6.45, 7) is 0.00248. The molecule has 0 spiro atoms. The molecule has 0 saturated carbocycles. The molecule has 1 aromatic carbocycles. The number of para-hydroxylation sites is 1. The van der Waals surface area contributed by atoms with Gasteiger partial charge in [-0.15, -0.1) is 0 Å². The Kier molecular flexibility index (Phi) is 3.17. The molecule has 0 aliphatic rings. The first-order chi connectivity index (χ1) is 7.97. The van der Waals surface area contributed by atoms with E-state index < -0.39 is 9.05 Å². The molecule has 0 aliphatic heterocycles. The second-order valence-corrected chi connectivity index (χ2v) is 6.40. The van der Waals surface area contributed by atoms with E-state index in [1.807, 2.05) is 0 Å². The van der Waals surface area contributed by atoms with Crippen LogP contribution in [0.4, 0.5) is 0 Å². The van der Waals surface area contributed by atoms with E-state index in [4.69, 9.17) is 10.7 Å². The second kappa shape index (κ2) is 4.46. The fourth-order valence-electron chi connectivity index (χ4n) is 1.47. The van der Waals surface area contributed by atoms with Crippen LogP contribution in [0.25, 0.3) is 10.9 Å². The molecule has 0 atom stereocenters. The molecule has 1 aromatic heterocycles. The van der Waals surface area contributed by atoms with Crippen molar-refractivity contribution in [3.63, 3.8) is 0 Å². The highest BCUT2D eigenvalue weighted by Gasteiger charge is 2.08. The largest absolute Gasteiger partial charge is 0.298 e. The smallest absolute Gasteiger partial charge is 0.261 e. The van der Waals surface area contributed by atoms with Crippen LogP contribution in [-0.2, 0) is 15.6 Å². The lowest BCUT2D eigenvalue weighted by Crippen LogP contribution is -2.23. The second-order valence-electron chi connectivity index (χ2n) is 3.50. The summed E-state index contributed by atoms with van der Waals surface area (Å²) in [6, 6.07) is 6.88. The van der Waals surface area contributed by atoms with Gasteiger partial charge in [0, 0.05) is 17.2 Å². The highest BCUT2D eigenvalue weighted by atomic mass is 35.7. The minimum atomic E-state index is -3.61. The van der Waals surface area contributed by atoms with E-state index >= 15 is 0 Å². The first-order valence-electron chi connectivity index (χ1n) is 4.84. The van der Waals surface area contributed by atoms with Crippen LogP contribution in [0.15, 0.2) is 35.4 Å². The maximum absolute atomic E-state index is 11.9. The van der Waals surface area contributed by atoms with E-state index in [0.29, 0.717) is 10.9 Å². The van der Waals surface area contributed by atoms with Crippen molar-refractivity contribution in [3.05, 3.63) is 40.9 Å². The molecule has 0 fully saturated rings. The van der Waals surface area contributed by atoms with Crippen molar-refractivity contribution in [1.29, 1.82) is 0 Å². The zero-order valence-electron chi connectivity index (χ0n) is 8.71. The average molecular weight is 273 g/mol. The SMILES string of the molecule is O=c1c2ccccc2ncn1CCS(=O)(=O)Cl. The fourth-order valence-corrected chi connectivity index (χ4v) is 2.09. The van der Waals surface area contributed by atoms with Crippen molar-refractivity contribution in [2.24, 2.45) is 0 Å². The zero-order chi connectivity index (χ0) is 12.5. The summed E-state index contributed by atoms with van der Waals surface area (Å²) in [7, 11) is 1.48. The lowest BCUT2D eigenvalue weighted by Gasteiger charge is -2.04. The Hall–Kier alpha value is -1.40. The molecular weight excluding hydrogens is 264 g/mol. The van der Waals surface area contributed by atoms with Crippen LogP contribution < -0.4 is 5.56 Å². The van der Waals surface area contributed by atoms with Gasteiger partial charge >= 0.3 is 0 Å². The minimum Gasteiger partial charge on any atom is -0.298 e. The Bertz CT molecular complexity index is 709. The molecule has 2 rings (SSSR count). The van der Waals surface area contributed by atoms with E-state index in [1.54, 1.807) is 24.3 Å². The van der Waals surface area contributed by atoms with Gasteiger partial charge in [-0.05, 0) is 12.1 Å². The maximum Gasteiger partial charge on any atom is 0.261 e. The summed E-state index contributed by atoms with van der Waals surface area (Å²) in [5.41, 5.74) is 0.318. The molecule has 0 bridgehead atoms.